The van der Waals surface area contributed by atoms with E-state index >= 15 is 0 Å². The molecule has 0 spiro atoms. The summed E-state index contributed by atoms with van der Waals surface area (Å²) >= 11 is -0.332. The number of quaternary nitrogens is 1. The van der Waals surface area contributed by atoms with E-state index in [4.69, 9.17) is 5.11 Å². The zero-order chi connectivity index (χ0) is 8.36. The zero-order valence-electron chi connectivity index (χ0n) is 6.52. The van der Waals surface area contributed by atoms with E-state index in [1.54, 1.807) is 0 Å². The molecule has 0 amide bonds. The third-order valence-electron chi connectivity index (χ3n) is 0.727. The van der Waals surface area contributed by atoms with Gasteiger partial charge in [-0.25, -0.2) is 0 Å². The van der Waals surface area contributed by atoms with Gasteiger partial charge in [0.25, 0.3) is 0 Å². The van der Waals surface area contributed by atoms with Crippen LogP contribution in [0, 0.1) is 0 Å². The fourth-order valence-corrected chi connectivity index (χ4v) is 2.96. The molecule has 0 saturated heterocycles. The van der Waals surface area contributed by atoms with Gasteiger partial charge in [-0.05, 0) is 0 Å². The molecule has 0 radical (unpaired) electrons. The monoisotopic (exact) mass is 259 g/mol. The molecule has 4 heteroatoms. The molecular weight excluding hydrogens is 245 g/mol. The van der Waals surface area contributed by atoms with Crippen LogP contribution in [0.4, 0.5) is 0 Å². The number of carbonyl (C=O) groups is 1. The molecule has 0 aliphatic heterocycles. The Kier molecular flexibility index (Phi) is 3.58. The van der Waals surface area contributed by atoms with Gasteiger partial charge < -0.3 is 0 Å². The second-order valence-corrected chi connectivity index (χ2v) is 8.34. The van der Waals surface area contributed by atoms with Crippen LogP contribution in [0.1, 0.15) is 20.8 Å². The molecule has 3 nitrogen and oxygen atoms in total. The van der Waals surface area contributed by atoms with Crippen molar-refractivity contribution in [3.63, 3.8) is 0 Å². The van der Waals surface area contributed by atoms with Crippen LogP contribution in [0.2, 0.25) is 0 Å². The van der Waals surface area contributed by atoms with E-state index < -0.39 is 5.97 Å². The Morgan fingerprint density at radius 2 is 2.00 bits per heavy atom. The van der Waals surface area contributed by atoms with Gasteiger partial charge in [0.1, 0.15) is 0 Å². The van der Waals surface area contributed by atoms with Crippen molar-refractivity contribution < 1.29 is 36.8 Å². The van der Waals surface area contributed by atoms with Crippen LogP contribution in [-0.4, -0.2) is 18.5 Å². The van der Waals surface area contributed by atoms with E-state index in [9.17, 15) is 4.79 Å². The summed E-state index contributed by atoms with van der Waals surface area (Å²) in [6.45, 7) is 6.17. The van der Waals surface area contributed by atoms with Gasteiger partial charge >= 0.3 is 71.1 Å². The minimum absolute atomic E-state index is 0.170. The summed E-state index contributed by atoms with van der Waals surface area (Å²) in [4.78, 5) is 10.3. The van der Waals surface area contributed by atoms with Gasteiger partial charge in [-0.3, -0.25) is 0 Å². The number of rotatable bonds is 2. The second-order valence-electron chi connectivity index (χ2n) is 2.98. The molecule has 0 aliphatic rings. The number of alkyl halides is 2. The molecule has 0 aromatic heterocycles. The standard InChI is InChI=1S/C6H13INO2/c1-6(2,3)7-4(8)5(9)10/h4H,8H2,1-3H3,(H,9,10)/q-1/p+1. The first-order chi connectivity index (χ1) is 4.33. The van der Waals surface area contributed by atoms with Crippen LogP contribution >= 0.6 is 0 Å². The molecule has 10 heavy (non-hydrogen) atoms. The average Bonchev–Trinajstić information content (AvgIpc) is 1.60. The minimum atomic E-state index is -0.761. The summed E-state index contributed by atoms with van der Waals surface area (Å²) < 4.78 is -0.192. The first-order valence-corrected chi connectivity index (χ1v) is 5.36. The van der Waals surface area contributed by atoms with Crippen LogP contribution in [-0.2, 0) is 4.79 Å². The molecular formula is C6H14INO2. The summed E-state index contributed by atoms with van der Waals surface area (Å²) in [7, 11) is 0. The van der Waals surface area contributed by atoms with Crippen LogP contribution in [0.3, 0.4) is 0 Å². The van der Waals surface area contributed by atoms with Crippen molar-refractivity contribution in [3.05, 3.63) is 0 Å². The molecule has 1 unspecified atom stereocenters. The predicted molar refractivity (Wildman–Crippen MR) is 34.1 cm³/mol. The second kappa shape index (κ2) is 3.52. The maximum atomic E-state index is 10.3. The predicted octanol–water partition coefficient (Wildman–Crippen LogP) is -3.47. The van der Waals surface area contributed by atoms with Gasteiger partial charge in [0.05, 0.1) is 0 Å². The van der Waals surface area contributed by atoms with Gasteiger partial charge in [0, 0.05) is 0 Å². The van der Waals surface area contributed by atoms with E-state index in [0.717, 1.165) is 0 Å². The van der Waals surface area contributed by atoms with Crippen LogP contribution < -0.4 is 26.9 Å². The Balaban J connectivity index is 3.80. The summed E-state index contributed by atoms with van der Waals surface area (Å²) in [6.07, 6.45) is 0. The third-order valence-corrected chi connectivity index (χ3v) is 3.88. The molecule has 0 fully saturated rings. The topological polar surface area (TPSA) is 64.9 Å². The van der Waals surface area contributed by atoms with Crippen molar-refractivity contribution in [1.82, 2.24) is 0 Å². The Morgan fingerprint density at radius 1 is 1.60 bits per heavy atom. The summed E-state index contributed by atoms with van der Waals surface area (Å²) in [5.74, 6) is -0.761. The number of carboxylic acids is 1. The number of aliphatic carboxylic acids is 1. The average molecular weight is 259 g/mol. The molecule has 0 saturated carbocycles. The number of halogens is 1. The quantitative estimate of drug-likeness (QED) is 0.307. The fraction of sp³-hybridized carbons (Fsp3) is 0.833. The third kappa shape index (κ3) is 4.99. The van der Waals surface area contributed by atoms with E-state index in [0.29, 0.717) is 0 Å². The van der Waals surface area contributed by atoms with Crippen molar-refractivity contribution in [2.75, 3.05) is 0 Å². The summed E-state index contributed by atoms with van der Waals surface area (Å²) in [5.41, 5.74) is 3.57. The zero-order valence-corrected chi connectivity index (χ0v) is 8.68. The summed E-state index contributed by atoms with van der Waals surface area (Å²) in [6, 6.07) is 0. The normalized spacial score (nSPS) is 15.2. The van der Waals surface area contributed by atoms with Gasteiger partial charge in [0.15, 0.2) is 0 Å². The van der Waals surface area contributed by atoms with Crippen LogP contribution in [0.5, 0.6) is 0 Å². The molecule has 62 valence electrons. The molecule has 1 atom stereocenters. The maximum absolute atomic E-state index is 10.3. The van der Waals surface area contributed by atoms with Gasteiger partial charge in [-0.2, -0.15) is 0 Å². The molecule has 0 aromatic rings. The first kappa shape index (κ1) is 10.2. The molecule has 4 N–H and O–H groups in total. The van der Waals surface area contributed by atoms with Gasteiger partial charge in [0.2, 0.25) is 0 Å². The molecule has 0 rings (SSSR count). The number of carboxylic acid groups (broad SMARTS) is 1. The molecule has 0 heterocycles. The molecule has 0 aliphatic carbocycles. The van der Waals surface area contributed by atoms with E-state index in [1.165, 1.54) is 0 Å². The Labute approximate surface area is 71.2 Å². The van der Waals surface area contributed by atoms with Crippen LogP contribution in [0.25, 0.3) is 0 Å². The number of hydrogen-bond donors (Lipinski definition) is 2. The van der Waals surface area contributed by atoms with E-state index in [2.05, 4.69) is 26.5 Å². The van der Waals surface area contributed by atoms with Crippen molar-refractivity contribution in [3.8, 4) is 0 Å². The Morgan fingerprint density at radius 3 is 2.10 bits per heavy atom. The van der Waals surface area contributed by atoms with Crippen molar-refractivity contribution in [2.24, 2.45) is 0 Å². The van der Waals surface area contributed by atoms with Crippen molar-refractivity contribution >= 4 is 5.97 Å². The van der Waals surface area contributed by atoms with E-state index in [1.807, 2.05) is 0 Å². The van der Waals surface area contributed by atoms with Gasteiger partial charge in [-0.15, -0.1) is 0 Å². The Hall–Kier alpha value is 0.160. The number of hydrogen-bond acceptors (Lipinski definition) is 1. The van der Waals surface area contributed by atoms with Crippen molar-refractivity contribution in [1.29, 1.82) is 0 Å². The SMILES string of the molecule is CC(C)(C)[I-]C([NH3+])C(=O)O. The van der Waals surface area contributed by atoms with Crippen molar-refractivity contribution in [2.45, 2.75) is 28.2 Å². The Bertz CT molecular complexity index is 130. The summed E-state index contributed by atoms with van der Waals surface area (Å²) in [5, 5.41) is 8.51. The fourth-order valence-electron chi connectivity index (χ4n) is 0.442. The first-order valence-electron chi connectivity index (χ1n) is 3.03. The van der Waals surface area contributed by atoms with Gasteiger partial charge in [-0.1, -0.05) is 0 Å². The molecule has 0 bridgehead atoms. The van der Waals surface area contributed by atoms with Crippen LogP contribution in [0.15, 0.2) is 0 Å². The molecule has 0 aromatic carbocycles. The van der Waals surface area contributed by atoms with E-state index in [-0.39, 0.29) is 28.7 Å².